The van der Waals surface area contributed by atoms with E-state index < -0.39 is 5.60 Å². The van der Waals surface area contributed by atoms with E-state index in [2.05, 4.69) is 5.10 Å². The molecule has 0 aliphatic carbocycles. The lowest BCUT2D eigenvalue weighted by atomic mass is 10.2. The van der Waals surface area contributed by atoms with Crippen LogP contribution in [0.15, 0.2) is 30.6 Å². The lowest BCUT2D eigenvalue weighted by Crippen LogP contribution is -2.24. The monoisotopic (exact) mass is 322 g/mol. The molecular formula is C16H19ClN2O3. The third-order valence-electron chi connectivity index (χ3n) is 2.76. The highest BCUT2D eigenvalue weighted by molar-refractivity contribution is 6.30. The topological polar surface area (TPSA) is 53.4 Å². The van der Waals surface area contributed by atoms with Crippen LogP contribution in [0, 0.1) is 0 Å². The molecule has 0 amide bonds. The molecule has 1 aromatic carbocycles. The minimum Gasteiger partial charge on any atom is -0.497 e. The maximum Gasteiger partial charge on any atom is 0.310 e. The number of carbonyl (C=O) groups is 1. The fourth-order valence-electron chi connectivity index (χ4n) is 1.93. The molecule has 5 nitrogen and oxygen atoms in total. The molecule has 1 aromatic heterocycles. The van der Waals surface area contributed by atoms with Crippen LogP contribution in [0.5, 0.6) is 5.75 Å². The first-order valence-corrected chi connectivity index (χ1v) is 7.25. The molecule has 0 saturated heterocycles. The highest BCUT2D eigenvalue weighted by atomic mass is 35.5. The van der Waals surface area contributed by atoms with Crippen molar-refractivity contribution in [1.82, 2.24) is 9.78 Å². The van der Waals surface area contributed by atoms with E-state index in [9.17, 15) is 4.79 Å². The van der Waals surface area contributed by atoms with Crippen LogP contribution in [0.4, 0.5) is 0 Å². The normalized spacial score (nSPS) is 11.3. The Morgan fingerprint density at radius 2 is 2.05 bits per heavy atom. The van der Waals surface area contributed by atoms with E-state index in [0.717, 1.165) is 11.3 Å². The zero-order valence-electron chi connectivity index (χ0n) is 13.1. The predicted octanol–water partition coefficient (Wildman–Crippen LogP) is 3.42. The summed E-state index contributed by atoms with van der Waals surface area (Å²) < 4.78 is 12.1. The quantitative estimate of drug-likeness (QED) is 0.809. The molecule has 0 radical (unpaired) electrons. The Bertz CT molecular complexity index is 674. The van der Waals surface area contributed by atoms with E-state index in [1.807, 2.05) is 26.8 Å². The van der Waals surface area contributed by atoms with Crippen LogP contribution in [0.1, 0.15) is 26.3 Å². The Morgan fingerprint density at radius 1 is 1.32 bits per heavy atom. The van der Waals surface area contributed by atoms with Crippen LogP contribution in [-0.2, 0) is 16.0 Å². The molecule has 6 heteroatoms. The fraction of sp³-hybridized carbons (Fsp3) is 0.375. The van der Waals surface area contributed by atoms with Gasteiger partial charge in [0.1, 0.15) is 11.4 Å². The largest absolute Gasteiger partial charge is 0.497 e. The van der Waals surface area contributed by atoms with E-state index in [1.165, 1.54) is 0 Å². The van der Waals surface area contributed by atoms with E-state index in [0.29, 0.717) is 10.8 Å². The second-order valence-corrected chi connectivity index (χ2v) is 6.34. The van der Waals surface area contributed by atoms with Crippen molar-refractivity contribution in [2.75, 3.05) is 7.11 Å². The SMILES string of the molecule is COc1cc(Cl)cc(-n2cc(CC(=O)OC(C)(C)C)cn2)c1. The average molecular weight is 323 g/mol. The van der Waals surface area contributed by atoms with E-state index in [-0.39, 0.29) is 12.4 Å². The summed E-state index contributed by atoms with van der Waals surface area (Å²) in [4.78, 5) is 11.8. The van der Waals surface area contributed by atoms with Gasteiger partial charge in [-0.2, -0.15) is 5.10 Å². The van der Waals surface area contributed by atoms with Gasteiger partial charge in [-0.15, -0.1) is 0 Å². The summed E-state index contributed by atoms with van der Waals surface area (Å²) in [7, 11) is 1.58. The van der Waals surface area contributed by atoms with Gasteiger partial charge in [0.15, 0.2) is 0 Å². The molecule has 0 aliphatic heterocycles. The molecule has 0 bridgehead atoms. The van der Waals surface area contributed by atoms with Gasteiger partial charge in [-0.1, -0.05) is 11.6 Å². The van der Waals surface area contributed by atoms with Crippen molar-refractivity contribution in [3.05, 3.63) is 41.2 Å². The Morgan fingerprint density at radius 3 is 2.68 bits per heavy atom. The number of halogens is 1. The van der Waals surface area contributed by atoms with E-state index in [1.54, 1.807) is 36.3 Å². The standard InChI is InChI=1S/C16H19ClN2O3/c1-16(2,3)22-15(20)5-11-9-18-19(10-11)13-6-12(17)7-14(8-13)21-4/h6-10H,5H2,1-4H3. The van der Waals surface area contributed by atoms with Gasteiger partial charge in [-0.25, -0.2) is 4.68 Å². The average Bonchev–Trinajstić information content (AvgIpc) is 2.84. The van der Waals surface area contributed by atoms with Crippen molar-refractivity contribution >= 4 is 17.6 Å². The van der Waals surface area contributed by atoms with Gasteiger partial charge < -0.3 is 9.47 Å². The molecule has 0 aliphatic rings. The fourth-order valence-corrected chi connectivity index (χ4v) is 2.15. The minimum atomic E-state index is -0.493. The Hall–Kier alpha value is -2.01. The second-order valence-electron chi connectivity index (χ2n) is 5.91. The van der Waals surface area contributed by atoms with Crippen molar-refractivity contribution in [3.63, 3.8) is 0 Å². The predicted molar refractivity (Wildman–Crippen MR) is 84.7 cm³/mol. The molecule has 118 valence electrons. The van der Waals surface area contributed by atoms with Crippen LogP contribution in [0.3, 0.4) is 0 Å². The number of benzene rings is 1. The minimum absolute atomic E-state index is 0.176. The van der Waals surface area contributed by atoms with E-state index >= 15 is 0 Å². The molecular weight excluding hydrogens is 304 g/mol. The zero-order chi connectivity index (χ0) is 16.3. The van der Waals surface area contributed by atoms with Gasteiger partial charge in [0.25, 0.3) is 0 Å². The van der Waals surface area contributed by atoms with Gasteiger partial charge in [-0.05, 0) is 32.9 Å². The lowest BCUT2D eigenvalue weighted by molar-refractivity contribution is -0.153. The van der Waals surface area contributed by atoms with E-state index in [4.69, 9.17) is 21.1 Å². The van der Waals surface area contributed by atoms with Crippen molar-refractivity contribution in [3.8, 4) is 11.4 Å². The summed E-state index contributed by atoms with van der Waals surface area (Å²) in [5.74, 6) is 0.363. The van der Waals surface area contributed by atoms with Gasteiger partial charge in [0.2, 0.25) is 0 Å². The maximum absolute atomic E-state index is 11.8. The third-order valence-corrected chi connectivity index (χ3v) is 2.98. The van der Waals surface area contributed by atoms with Crippen molar-refractivity contribution in [1.29, 1.82) is 0 Å². The van der Waals surface area contributed by atoms with Crippen LogP contribution in [0.2, 0.25) is 5.02 Å². The molecule has 0 N–H and O–H groups in total. The number of nitrogens with zero attached hydrogens (tertiary/aromatic N) is 2. The molecule has 2 aromatic rings. The van der Waals surface area contributed by atoms with Crippen molar-refractivity contribution < 1.29 is 14.3 Å². The molecule has 0 fully saturated rings. The number of ether oxygens (including phenoxy) is 2. The highest BCUT2D eigenvalue weighted by Gasteiger charge is 2.17. The summed E-state index contributed by atoms with van der Waals surface area (Å²) in [6.07, 6.45) is 3.58. The zero-order valence-corrected chi connectivity index (χ0v) is 13.8. The molecule has 2 rings (SSSR count). The molecule has 0 atom stereocenters. The van der Waals surface area contributed by atoms with Crippen molar-refractivity contribution in [2.24, 2.45) is 0 Å². The number of hydrogen-bond acceptors (Lipinski definition) is 4. The number of rotatable bonds is 4. The van der Waals surface area contributed by atoms with Gasteiger partial charge in [0, 0.05) is 22.8 Å². The van der Waals surface area contributed by atoms with Crippen LogP contribution >= 0.6 is 11.6 Å². The highest BCUT2D eigenvalue weighted by Crippen LogP contribution is 2.23. The van der Waals surface area contributed by atoms with Gasteiger partial charge >= 0.3 is 5.97 Å². The number of hydrogen-bond donors (Lipinski definition) is 0. The summed E-state index contributed by atoms with van der Waals surface area (Å²) >= 11 is 6.05. The summed E-state index contributed by atoms with van der Waals surface area (Å²) in [5.41, 5.74) is 1.04. The Kier molecular flexibility index (Phi) is 4.76. The first-order valence-electron chi connectivity index (χ1n) is 6.87. The molecule has 0 saturated carbocycles. The number of carbonyl (C=O) groups excluding carboxylic acids is 1. The van der Waals surface area contributed by atoms with Crippen LogP contribution in [-0.4, -0.2) is 28.5 Å². The first kappa shape index (κ1) is 16.4. The molecule has 1 heterocycles. The maximum atomic E-state index is 11.8. The third kappa shape index (κ3) is 4.49. The summed E-state index contributed by atoms with van der Waals surface area (Å²) in [6.45, 7) is 5.52. The van der Waals surface area contributed by atoms with Crippen molar-refractivity contribution in [2.45, 2.75) is 32.8 Å². The van der Waals surface area contributed by atoms with Gasteiger partial charge in [-0.3, -0.25) is 4.79 Å². The molecule has 22 heavy (non-hydrogen) atoms. The van der Waals surface area contributed by atoms with Crippen LogP contribution in [0.25, 0.3) is 5.69 Å². The second kappa shape index (κ2) is 6.40. The molecule has 0 spiro atoms. The smallest absolute Gasteiger partial charge is 0.310 e. The number of methoxy groups -OCH3 is 1. The van der Waals surface area contributed by atoms with Crippen LogP contribution < -0.4 is 4.74 Å². The Labute approximate surface area is 134 Å². The summed E-state index contributed by atoms with van der Waals surface area (Å²) in [6, 6.07) is 5.31. The lowest BCUT2D eigenvalue weighted by Gasteiger charge is -2.19. The summed E-state index contributed by atoms with van der Waals surface area (Å²) in [5, 5.41) is 4.80. The Balaban J connectivity index is 2.15. The number of aromatic nitrogens is 2. The number of esters is 1. The first-order chi connectivity index (χ1) is 10.3. The van der Waals surface area contributed by atoms with Gasteiger partial charge in [0.05, 0.1) is 25.4 Å². The molecule has 0 unspecified atom stereocenters.